The minimum absolute atomic E-state index is 0.133. The Hall–Kier alpha value is -4.66. The van der Waals surface area contributed by atoms with Crippen LogP contribution in [0.1, 0.15) is 50.4 Å². The Labute approximate surface area is 282 Å². The van der Waals surface area contributed by atoms with Crippen LogP contribution in [0.2, 0.25) is 5.02 Å². The van der Waals surface area contributed by atoms with Gasteiger partial charge in [0.05, 0.1) is 28.5 Å². The van der Waals surface area contributed by atoms with Gasteiger partial charge in [-0.05, 0) is 85.5 Å². The number of allylic oxidation sites excluding steroid dienone is 1. The summed E-state index contributed by atoms with van der Waals surface area (Å²) in [6.45, 7) is 9.59. The smallest absolute Gasteiger partial charge is 0.271 e. The summed E-state index contributed by atoms with van der Waals surface area (Å²) in [5.74, 6) is 1.08. The zero-order chi connectivity index (χ0) is 33.1. The zero-order valence-corrected chi connectivity index (χ0v) is 28.4. The van der Waals surface area contributed by atoms with E-state index in [1.165, 1.54) is 11.3 Å². The van der Waals surface area contributed by atoms with Crippen LogP contribution < -0.4 is 24.4 Å². The summed E-state index contributed by atoms with van der Waals surface area (Å²) in [4.78, 5) is 35.0. The van der Waals surface area contributed by atoms with E-state index in [2.05, 4.69) is 24.3 Å². The van der Waals surface area contributed by atoms with Crippen molar-refractivity contribution in [2.45, 2.75) is 40.3 Å². The Morgan fingerprint density at radius 3 is 2.45 bits per heavy atom. The normalized spacial score (nSPS) is 14.6. The molecule has 2 heterocycles. The van der Waals surface area contributed by atoms with Crippen LogP contribution in [0, 0.1) is 0 Å². The van der Waals surface area contributed by atoms with Crippen LogP contribution in [0.5, 0.6) is 11.5 Å². The minimum Gasteiger partial charge on any atom is -0.490 e. The molecule has 0 fully saturated rings. The third-order valence-electron chi connectivity index (χ3n) is 8.32. The van der Waals surface area contributed by atoms with E-state index in [0.717, 1.165) is 27.5 Å². The van der Waals surface area contributed by atoms with Crippen molar-refractivity contribution in [1.29, 1.82) is 0 Å². The monoisotopic (exact) mass is 665 g/mol. The molecule has 0 radical (unpaired) electrons. The highest BCUT2D eigenvalue weighted by Crippen LogP contribution is 2.33. The molecule has 0 spiro atoms. The number of hydrogen-bond donors (Lipinski definition) is 0. The van der Waals surface area contributed by atoms with Gasteiger partial charge in [0.1, 0.15) is 6.61 Å². The minimum atomic E-state index is -0.636. The van der Waals surface area contributed by atoms with Gasteiger partial charge < -0.3 is 14.4 Å². The van der Waals surface area contributed by atoms with Gasteiger partial charge >= 0.3 is 0 Å². The number of likely N-dealkylation sites (N-methyl/N-ethyl adjacent to an activating group) is 1. The van der Waals surface area contributed by atoms with Gasteiger partial charge in [-0.2, -0.15) is 0 Å². The number of rotatable bonds is 10. The molecule has 0 bridgehead atoms. The van der Waals surface area contributed by atoms with Crippen molar-refractivity contribution in [3.05, 3.63) is 138 Å². The maximum atomic E-state index is 14.1. The summed E-state index contributed by atoms with van der Waals surface area (Å²) in [6.07, 6.45) is 1.84. The molecule has 1 aromatic heterocycles. The molecular weight excluding hydrogens is 630 g/mol. The average Bonchev–Trinajstić information content (AvgIpc) is 3.38. The van der Waals surface area contributed by atoms with E-state index in [9.17, 15) is 9.59 Å². The fourth-order valence-electron chi connectivity index (χ4n) is 5.96. The standard InChI is InChI=1S/C38H36ClN3O4S/c1-5-41(6-2)37(44)34-24(4)40-38-42(35(34)27-16-18-29(39)19-17-27)36(43)33(47-38)22-25-15-20-31(32(21-25)45-7-3)46-23-28-13-10-12-26-11-8-9-14-30(26)28/h8-22,35H,5-7,23H2,1-4H3/b33-22+/t35-/m0/s1. The summed E-state index contributed by atoms with van der Waals surface area (Å²) in [7, 11) is 0. The number of nitrogens with zero attached hydrogens (tertiary/aromatic N) is 3. The van der Waals surface area contributed by atoms with E-state index in [-0.39, 0.29) is 11.5 Å². The quantitative estimate of drug-likeness (QED) is 0.163. The number of benzene rings is 4. The number of fused-ring (bicyclic) bond motifs is 2. The Morgan fingerprint density at radius 1 is 0.957 bits per heavy atom. The Morgan fingerprint density at radius 2 is 1.70 bits per heavy atom. The van der Waals surface area contributed by atoms with E-state index >= 15 is 0 Å². The van der Waals surface area contributed by atoms with Crippen LogP contribution >= 0.6 is 22.9 Å². The first-order valence-electron chi connectivity index (χ1n) is 15.8. The highest BCUT2D eigenvalue weighted by molar-refractivity contribution is 7.07. The fourth-order valence-corrected chi connectivity index (χ4v) is 7.14. The lowest BCUT2D eigenvalue weighted by Gasteiger charge is -2.29. The van der Waals surface area contributed by atoms with Gasteiger partial charge in [-0.25, -0.2) is 4.99 Å². The molecule has 240 valence electrons. The largest absolute Gasteiger partial charge is 0.490 e. The van der Waals surface area contributed by atoms with Crippen LogP contribution in [0.15, 0.2) is 106 Å². The van der Waals surface area contributed by atoms with Gasteiger partial charge in [0, 0.05) is 18.1 Å². The topological polar surface area (TPSA) is 73.1 Å². The predicted octanol–water partition coefficient (Wildman–Crippen LogP) is 6.89. The number of ether oxygens (including phenoxy) is 2. The van der Waals surface area contributed by atoms with Crippen molar-refractivity contribution in [3.8, 4) is 11.5 Å². The number of hydrogen-bond acceptors (Lipinski definition) is 6. The Kier molecular flexibility index (Phi) is 9.61. The van der Waals surface area contributed by atoms with Crippen molar-refractivity contribution < 1.29 is 14.3 Å². The van der Waals surface area contributed by atoms with Gasteiger partial charge in [0.2, 0.25) is 0 Å². The molecular formula is C38H36ClN3O4S. The number of aromatic nitrogens is 1. The third-order valence-corrected chi connectivity index (χ3v) is 9.55. The lowest BCUT2D eigenvalue weighted by Crippen LogP contribution is -2.43. The van der Waals surface area contributed by atoms with E-state index in [4.69, 9.17) is 26.1 Å². The molecule has 1 aliphatic heterocycles. The molecule has 1 aliphatic rings. The van der Waals surface area contributed by atoms with Crippen molar-refractivity contribution in [3.63, 3.8) is 0 Å². The molecule has 0 saturated heterocycles. The molecule has 9 heteroatoms. The number of halogens is 1. The lowest BCUT2D eigenvalue weighted by atomic mass is 9.94. The van der Waals surface area contributed by atoms with Gasteiger partial charge in [-0.3, -0.25) is 14.2 Å². The van der Waals surface area contributed by atoms with E-state index in [1.807, 2.05) is 82.3 Å². The van der Waals surface area contributed by atoms with Crippen LogP contribution in [-0.4, -0.2) is 35.1 Å². The number of carbonyl (C=O) groups excluding carboxylic acids is 1. The van der Waals surface area contributed by atoms with Crippen molar-refractivity contribution in [1.82, 2.24) is 9.47 Å². The third kappa shape index (κ3) is 6.48. The molecule has 4 aromatic carbocycles. The highest BCUT2D eigenvalue weighted by Gasteiger charge is 2.34. The van der Waals surface area contributed by atoms with Crippen molar-refractivity contribution in [2.24, 2.45) is 4.99 Å². The molecule has 1 atom stereocenters. The van der Waals surface area contributed by atoms with E-state index in [1.54, 1.807) is 21.6 Å². The van der Waals surface area contributed by atoms with Gasteiger partial charge in [0.15, 0.2) is 16.3 Å². The first-order chi connectivity index (χ1) is 22.8. The van der Waals surface area contributed by atoms with Crippen molar-refractivity contribution in [2.75, 3.05) is 19.7 Å². The van der Waals surface area contributed by atoms with Crippen molar-refractivity contribution >= 4 is 45.7 Å². The first kappa shape index (κ1) is 32.3. The highest BCUT2D eigenvalue weighted by atomic mass is 35.5. The van der Waals surface area contributed by atoms with Gasteiger partial charge in [-0.1, -0.05) is 83.6 Å². The molecule has 6 rings (SSSR count). The predicted molar refractivity (Wildman–Crippen MR) is 189 cm³/mol. The van der Waals surface area contributed by atoms with Crippen LogP contribution in [0.3, 0.4) is 0 Å². The van der Waals surface area contributed by atoms with Crippen LogP contribution in [0.4, 0.5) is 0 Å². The number of amides is 1. The maximum Gasteiger partial charge on any atom is 0.271 e. The summed E-state index contributed by atoms with van der Waals surface area (Å²) in [6, 6.07) is 26.8. The molecule has 47 heavy (non-hydrogen) atoms. The average molecular weight is 666 g/mol. The Balaban J connectivity index is 1.38. The summed E-state index contributed by atoms with van der Waals surface area (Å²) in [5, 5.41) is 2.88. The van der Waals surface area contributed by atoms with Crippen LogP contribution in [0.25, 0.3) is 16.8 Å². The second-order valence-corrected chi connectivity index (χ2v) is 12.6. The second-order valence-electron chi connectivity index (χ2n) is 11.2. The number of thiazole rings is 1. The fraction of sp³-hybridized carbons (Fsp3) is 0.237. The first-order valence-corrected chi connectivity index (χ1v) is 17.0. The Bertz CT molecular complexity index is 2160. The molecule has 0 saturated carbocycles. The van der Waals surface area contributed by atoms with E-state index in [0.29, 0.717) is 63.4 Å². The SMILES string of the molecule is CCOc1cc(/C=c2/sc3n(c2=O)[C@@H](c2ccc(Cl)cc2)C(C(=O)N(CC)CC)=C(C)N=3)ccc1OCc1cccc2ccccc12. The summed E-state index contributed by atoms with van der Waals surface area (Å²) in [5.41, 5.74) is 3.52. The molecule has 0 N–H and O–H groups in total. The van der Waals surface area contributed by atoms with E-state index < -0.39 is 6.04 Å². The summed E-state index contributed by atoms with van der Waals surface area (Å²) < 4.78 is 14.4. The second kappa shape index (κ2) is 14.0. The maximum absolute atomic E-state index is 14.1. The molecule has 0 aliphatic carbocycles. The number of carbonyl (C=O) groups is 1. The van der Waals surface area contributed by atoms with Crippen LogP contribution in [-0.2, 0) is 11.4 Å². The molecule has 1 amide bonds. The molecule has 5 aromatic rings. The molecule has 0 unspecified atom stereocenters. The van der Waals surface area contributed by atoms with Gasteiger partial charge in [0.25, 0.3) is 11.5 Å². The molecule has 7 nitrogen and oxygen atoms in total. The summed E-state index contributed by atoms with van der Waals surface area (Å²) >= 11 is 7.52. The lowest BCUT2D eigenvalue weighted by molar-refractivity contribution is -0.127. The zero-order valence-electron chi connectivity index (χ0n) is 26.8. The van der Waals surface area contributed by atoms with Gasteiger partial charge in [-0.15, -0.1) is 0 Å².